The Balaban J connectivity index is 1.68. The number of benzene rings is 2. The monoisotopic (exact) mass is 315 g/mol. The van der Waals surface area contributed by atoms with E-state index in [0.29, 0.717) is 5.69 Å². The lowest BCUT2D eigenvalue weighted by atomic mass is 10.1. The van der Waals surface area contributed by atoms with Gasteiger partial charge in [0.05, 0.1) is 11.1 Å². The van der Waals surface area contributed by atoms with Crippen LogP contribution in [-0.2, 0) is 11.3 Å². The third-order valence-corrected chi connectivity index (χ3v) is 3.11. The molecule has 0 aliphatic carbocycles. The molecule has 0 amide bonds. The van der Waals surface area contributed by atoms with Crippen molar-refractivity contribution in [3.63, 3.8) is 0 Å². The van der Waals surface area contributed by atoms with E-state index in [2.05, 4.69) is 5.16 Å². The van der Waals surface area contributed by atoms with E-state index >= 15 is 0 Å². The summed E-state index contributed by atoms with van der Waals surface area (Å²) in [7, 11) is 0. The second-order valence-electron chi connectivity index (χ2n) is 4.75. The van der Waals surface area contributed by atoms with Gasteiger partial charge in [-0.25, -0.2) is 13.6 Å². The fraction of sp³-hybridized carbons (Fsp3) is 0.0588. The number of hydrogen-bond donors (Lipinski definition) is 0. The highest BCUT2D eigenvalue weighted by Gasteiger charge is 2.13. The number of carbonyl (C=O) groups excluding carboxylic acids is 1. The summed E-state index contributed by atoms with van der Waals surface area (Å²) in [5.41, 5.74) is 0.693. The summed E-state index contributed by atoms with van der Waals surface area (Å²) in [6.07, 6.45) is 0. The highest BCUT2D eigenvalue weighted by atomic mass is 19.1. The quantitative estimate of drug-likeness (QED) is 0.683. The molecule has 116 valence electrons. The molecule has 0 unspecified atom stereocenters. The zero-order valence-corrected chi connectivity index (χ0v) is 11.8. The summed E-state index contributed by atoms with van der Waals surface area (Å²) in [5, 5.41) is 3.72. The van der Waals surface area contributed by atoms with Gasteiger partial charge in [0.15, 0.2) is 5.76 Å². The predicted octanol–water partition coefficient (Wildman–Crippen LogP) is 3.98. The van der Waals surface area contributed by atoms with Gasteiger partial charge in [-0.05, 0) is 30.3 Å². The summed E-state index contributed by atoms with van der Waals surface area (Å²) in [5.74, 6) is -1.41. The Kier molecular flexibility index (Phi) is 4.14. The van der Waals surface area contributed by atoms with E-state index < -0.39 is 17.6 Å². The van der Waals surface area contributed by atoms with Gasteiger partial charge in [0.1, 0.15) is 23.9 Å². The first-order valence-corrected chi connectivity index (χ1v) is 6.76. The second kappa shape index (κ2) is 6.39. The Labute approximate surface area is 130 Å². The van der Waals surface area contributed by atoms with Gasteiger partial charge in [-0.15, -0.1) is 0 Å². The molecule has 3 aromatic rings. The summed E-state index contributed by atoms with van der Waals surface area (Å²) >= 11 is 0. The normalized spacial score (nSPS) is 10.5. The standard InChI is InChI=1S/C17H11F2NO3/c18-12-5-3-4-11(8-12)17(21)22-10-13-9-16(23-20-13)14-6-1-2-7-15(14)19/h1-9H,10H2. The van der Waals surface area contributed by atoms with Gasteiger partial charge in [-0.2, -0.15) is 0 Å². The number of carbonyl (C=O) groups is 1. The van der Waals surface area contributed by atoms with Crippen molar-refractivity contribution in [2.45, 2.75) is 6.61 Å². The molecule has 4 nitrogen and oxygen atoms in total. The van der Waals surface area contributed by atoms with Crippen molar-refractivity contribution < 1.29 is 22.8 Å². The lowest BCUT2D eigenvalue weighted by molar-refractivity contribution is 0.0463. The van der Waals surface area contributed by atoms with Crippen LogP contribution in [-0.4, -0.2) is 11.1 Å². The number of ether oxygens (including phenoxy) is 1. The van der Waals surface area contributed by atoms with E-state index in [1.165, 1.54) is 30.3 Å². The zero-order valence-electron chi connectivity index (χ0n) is 11.8. The van der Waals surface area contributed by atoms with Crippen LogP contribution in [0.3, 0.4) is 0 Å². The third kappa shape index (κ3) is 3.42. The minimum atomic E-state index is -0.681. The smallest absolute Gasteiger partial charge is 0.338 e. The predicted molar refractivity (Wildman–Crippen MR) is 77.4 cm³/mol. The second-order valence-corrected chi connectivity index (χ2v) is 4.75. The number of aromatic nitrogens is 1. The third-order valence-electron chi connectivity index (χ3n) is 3.11. The molecule has 0 spiro atoms. The lowest BCUT2D eigenvalue weighted by Gasteiger charge is -2.02. The summed E-state index contributed by atoms with van der Waals surface area (Å²) in [6, 6.07) is 12.8. The Bertz CT molecular complexity index is 845. The maximum atomic E-state index is 13.6. The van der Waals surface area contributed by atoms with E-state index in [-0.39, 0.29) is 23.5 Å². The average Bonchev–Trinajstić information content (AvgIpc) is 3.02. The van der Waals surface area contributed by atoms with Crippen molar-refractivity contribution in [3.8, 4) is 11.3 Å². The van der Waals surface area contributed by atoms with Crippen LogP contribution in [0.25, 0.3) is 11.3 Å². The molecule has 0 aliphatic rings. The Morgan fingerprint density at radius 3 is 2.70 bits per heavy atom. The molecular formula is C17H11F2NO3. The van der Waals surface area contributed by atoms with E-state index in [9.17, 15) is 13.6 Å². The van der Waals surface area contributed by atoms with Crippen LogP contribution in [0, 0.1) is 11.6 Å². The number of hydrogen-bond acceptors (Lipinski definition) is 4. The molecule has 0 saturated carbocycles. The molecule has 1 aromatic heterocycles. The molecule has 0 fully saturated rings. The Morgan fingerprint density at radius 1 is 1.09 bits per heavy atom. The molecule has 0 N–H and O–H groups in total. The highest BCUT2D eigenvalue weighted by Crippen LogP contribution is 2.23. The first kappa shape index (κ1) is 14.9. The fourth-order valence-corrected chi connectivity index (χ4v) is 2.01. The van der Waals surface area contributed by atoms with Crippen LogP contribution in [0.4, 0.5) is 8.78 Å². The van der Waals surface area contributed by atoms with Gasteiger partial charge in [-0.3, -0.25) is 0 Å². The fourth-order valence-electron chi connectivity index (χ4n) is 2.01. The van der Waals surface area contributed by atoms with Gasteiger partial charge in [0.25, 0.3) is 0 Å². The van der Waals surface area contributed by atoms with Crippen LogP contribution in [0.15, 0.2) is 59.1 Å². The maximum absolute atomic E-state index is 13.6. The van der Waals surface area contributed by atoms with Gasteiger partial charge in [0, 0.05) is 6.07 Å². The molecule has 23 heavy (non-hydrogen) atoms. The van der Waals surface area contributed by atoms with Crippen LogP contribution in [0.1, 0.15) is 16.1 Å². The van der Waals surface area contributed by atoms with Crippen LogP contribution >= 0.6 is 0 Å². The SMILES string of the molecule is O=C(OCc1cc(-c2ccccc2F)on1)c1cccc(F)c1. The molecule has 2 aromatic carbocycles. The number of halogens is 2. The van der Waals surface area contributed by atoms with E-state index in [1.807, 2.05) is 0 Å². The molecule has 0 atom stereocenters. The first-order valence-electron chi connectivity index (χ1n) is 6.76. The van der Waals surface area contributed by atoms with Gasteiger partial charge in [0.2, 0.25) is 0 Å². The molecule has 0 bridgehead atoms. The molecule has 0 saturated heterocycles. The average molecular weight is 315 g/mol. The van der Waals surface area contributed by atoms with Gasteiger partial charge < -0.3 is 9.26 Å². The molecule has 1 heterocycles. The molecule has 0 radical (unpaired) electrons. The molecular weight excluding hydrogens is 304 g/mol. The maximum Gasteiger partial charge on any atom is 0.338 e. The number of rotatable bonds is 4. The minimum Gasteiger partial charge on any atom is -0.455 e. The van der Waals surface area contributed by atoms with Crippen molar-refractivity contribution in [2.75, 3.05) is 0 Å². The molecule has 0 aliphatic heterocycles. The topological polar surface area (TPSA) is 52.3 Å². The van der Waals surface area contributed by atoms with Gasteiger partial charge >= 0.3 is 5.97 Å². The largest absolute Gasteiger partial charge is 0.455 e. The summed E-state index contributed by atoms with van der Waals surface area (Å²) in [6.45, 7) is -0.159. The number of esters is 1. The first-order chi connectivity index (χ1) is 11.1. The molecule has 3 rings (SSSR count). The number of nitrogens with zero attached hydrogens (tertiary/aromatic N) is 1. The van der Waals surface area contributed by atoms with Crippen LogP contribution < -0.4 is 0 Å². The van der Waals surface area contributed by atoms with Crippen molar-refractivity contribution in [1.82, 2.24) is 5.16 Å². The zero-order chi connectivity index (χ0) is 16.2. The van der Waals surface area contributed by atoms with E-state index in [4.69, 9.17) is 9.26 Å². The van der Waals surface area contributed by atoms with Crippen molar-refractivity contribution >= 4 is 5.97 Å². The van der Waals surface area contributed by atoms with Crippen LogP contribution in [0.2, 0.25) is 0 Å². The summed E-state index contributed by atoms with van der Waals surface area (Å²) in [4.78, 5) is 11.8. The summed E-state index contributed by atoms with van der Waals surface area (Å²) < 4.78 is 36.8. The molecule has 6 heteroatoms. The van der Waals surface area contributed by atoms with Crippen LogP contribution in [0.5, 0.6) is 0 Å². The Morgan fingerprint density at radius 2 is 1.91 bits per heavy atom. The van der Waals surface area contributed by atoms with Crippen molar-refractivity contribution in [3.05, 3.63) is 77.5 Å². The van der Waals surface area contributed by atoms with E-state index in [1.54, 1.807) is 18.2 Å². The minimum absolute atomic E-state index is 0.0998. The van der Waals surface area contributed by atoms with Gasteiger partial charge in [-0.1, -0.05) is 23.4 Å². The lowest BCUT2D eigenvalue weighted by Crippen LogP contribution is -2.05. The van der Waals surface area contributed by atoms with Crippen molar-refractivity contribution in [2.24, 2.45) is 0 Å². The highest BCUT2D eigenvalue weighted by molar-refractivity contribution is 5.89. The van der Waals surface area contributed by atoms with Crippen molar-refractivity contribution in [1.29, 1.82) is 0 Å². The van der Waals surface area contributed by atoms with E-state index in [0.717, 1.165) is 6.07 Å². The Hall–Kier alpha value is -3.02.